The second kappa shape index (κ2) is 5.77. The third kappa shape index (κ3) is 2.76. The lowest BCUT2D eigenvalue weighted by Gasteiger charge is -2.10. The summed E-state index contributed by atoms with van der Waals surface area (Å²) in [7, 11) is 1.91. The zero-order valence-corrected chi connectivity index (χ0v) is 11.2. The van der Waals surface area contributed by atoms with Crippen LogP contribution in [-0.4, -0.2) is 30.9 Å². The Hall–Kier alpha value is -1.69. The number of aromatic nitrogens is 5. The predicted molar refractivity (Wildman–Crippen MR) is 69.1 cm³/mol. The van der Waals surface area contributed by atoms with Crippen molar-refractivity contribution in [3.05, 3.63) is 29.9 Å². The van der Waals surface area contributed by atoms with E-state index in [0.717, 1.165) is 31.2 Å². The first-order valence-electron chi connectivity index (χ1n) is 6.27. The number of rotatable bonds is 6. The molecule has 0 aliphatic heterocycles. The zero-order chi connectivity index (χ0) is 13.0. The van der Waals surface area contributed by atoms with E-state index in [-0.39, 0.29) is 0 Å². The van der Waals surface area contributed by atoms with E-state index in [9.17, 15) is 0 Å². The van der Waals surface area contributed by atoms with Crippen molar-refractivity contribution >= 4 is 0 Å². The molecule has 0 bridgehead atoms. The number of aryl methyl sites for hydroxylation is 2. The number of nitrogens with zero attached hydrogens (tertiary/aromatic N) is 5. The van der Waals surface area contributed by atoms with Crippen molar-refractivity contribution in [3.63, 3.8) is 0 Å². The Morgan fingerprint density at radius 2 is 2.17 bits per heavy atom. The first-order chi connectivity index (χ1) is 8.72. The van der Waals surface area contributed by atoms with Crippen LogP contribution in [0, 0.1) is 6.92 Å². The molecule has 0 atom stereocenters. The van der Waals surface area contributed by atoms with E-state index >= 15 is 0 Å². The summed E-state index contributed by atoms with van der Waals surface area (Å²) in [6, 6.07) is 0. The van der Waals surface area contributed by atoms with E-state index in [1.165, 1.54) is 5.69 Å². The van der Waals surface area contributed by atoms with Crippen LogP contribution in [0.25, 0.3) is 0 Å². The minimum absolute atomic E-state index is 0.714. The van der Waals surface area contributed by atoms with Crippen LogP contribution in [0.5, 0.6) is 0 Å². The normalized spacial score (nSPS) is 11.1. The van der Waals surface area contributed by atoms with E-state index in [2.05, 4.69) is 31.9 Å². The Balaban J connectivity index is 2.11. The Bertz CT molecular complexity index is 498. The average molecular weight is 248 g/mol. The lowest BCUT2D eigenvalue weighted by atomic mass is 10.4. The van der Waals surface area contributed by atoms with E-state index in [1.807, 2.05) is 20.2 Å². The van der Waals surface area contributed by atoms with Gasteiger partial charge in [0, 0.05) is 19.8 Å². The molecule has 1 N–H and O–H groups in total. The Kier molecular flexibility index (Phi) is 4.09. The third-order valence-corrected chi connectivity index (χ3v) is 2.98. The monoisotopic (exact) mass is 248 g/mol. The molecule has 0 aliphatic carbocycles. The van der Waals surface area contributed by atoms with E-state index in [0.29, 0.717) is 6.54 Å². The molecule has 2 aromatic heterocycles. The molecule has 6 nitrogen and oxygen atoms in total. The lowest BCUT2D eigenvalue weighted by Crippen LogP contribution is -2.18. The highest BCUT2D eigenvalue weighted by Crippen LogP contribution is 2.07. The Morgan fingerprint density at radius 3 is 2.83 bits per heavy atom. The van der Waals surface area contributed by atoms with Gasteiger partial charge in [-0.1, -0.05) is 6.92 Å². The van der Waals surface area contributed by atoms with Gasteiger partial charge in [-0.2, -0.15) is 5.10 Å². The van der Waals surface area contributed by atoms with Gasteiger partial charge in [-0.05, 0) is 19.9 Å². The van der Waals surface area contributed by atoms with Gasteiger partial charge in [-0.15, -0.1) is 0 Å². The Morgan fingerprint density at radius 1 is 1.33 bits per heavy atom. The summed E-state index contributed by atoms with van der Waals surface area (Å²) in [6.07, 6.45) is 4.64. The minimum atomic E-state index is 0.714. The fourth-order valence-corrected chi connectivity index (χ4v) is 1.87. The molecule has 0 fully saturated rings. The molecule has 0 spiro atoms. The van der Waals surface area contributed by atoms with E-state index in [1.54, 1.807) is 11.0 Å². The highest BCUT2D eigenvalue weighted by molar-refractivity contribution is 5.06. The molecule has 0 aliphatic rings. The second-order valence-corrected chi connectivity index (χ2v) is 4.36. The topological polar surface area (TPSA) is 60.6 Å². The molecule has 2 rings (SSSR count). The van der Waals surface area contributed by atoms with Crippen LogP contribution >= 0.6 is 0 Å². The number of nitrogens with one attached hydrogen (secondary N) is 1. The van der Waals surface area contributed by atoms with Gasteiger partial charge in [0.05, 0.1) is 12.2 Å². The van der Waals surface area contributed by atoms with Crippen molar-refractivity contribution in [3.8, 4) is 0 Å². The van der Waals surface area contributed by atoms with Crippen LogP contribution in [0.1, 0.15) is 30.7 Å². The highest BCUT2D eigenvalue weighted by Gasteiger charge is 2.09. The summed E-state index contributed by atoms with van der Waals surface area (Å²) in [5.41, 5.74) is 1.18. The second-order valence-electron chi connectivity index (χ2n) is 4.36. The van der Waals surface area contributed by atoms with Gasteiger partial charge in [0.15, 0.2) is 0 Å². The number of imidazole rings is 1. The van der Waals surface area contributed by atoms with E-state index < -0.39 is 0 Å². The van der Waals surface area contributed by atoms with Crippen molar-refractivity contribution < 1.29 is 0 Å². The minimum Gasteiger partial charge on any atom is -0.323 e. The SMILES string of the molecule is CCCNCc1cnc(C)n1Cc1ncnn1C. The molecule has 6 heteroatoms. The molecule has 0 radical (unpaired) electrons. The van der Waals surface area contributed by atoms with Crippen LogP contribution in [0.2, 0.25) is 0 Å². The maximum atomic E-state index is 4.37. The molecule has 2 heterocycles. The van der Waals surface area contributed by atoms with Crippen molar-refractivity contribution in [2.45, 2.75) is 33.4 Å². The molecular weight excluding hydrogens is 228 g/mol. The van der Waals surface area contributed by atoms with Gasteiger partial charge in [-0.3, -0.25) is 4.68 Å². The lowest BCUT2D eigenvalue weighted by molar-refractivity contribution is 0.594. The van der Waals surface area contributed by atoms with Gasteiger partial charge in [0.1, 0.15) is 18.0 Å². The number of hydrogen-bond acceptors (Lipinski definition) is 4. The molecular formula is C12H20N6. The largest absolute Gasteiger partial charge is 0.323 e. The molecule has 0 saturated heterocycles. The van der Waals surface area contributed by atoms with Gasteiger partial charge in [-0.25, -0.2) is 9.97 Å². The molecule has 0 aromatic carbocycles. The van der Waals surface area contributed by atoms with Crippen LogP contribution < -0.4 is 5.32 Å². The van der Waals surface area contributed by atoms with Gasteiger partial charge in [0.2, 0.25) is 0 Å². The molecule has 0 saturated carbocycles. The average Bonchev–Trinajstić information content (AvgIpc) is 2.90. The maximum absolute atomic E-state index is 4.37. The summed E-state index contributed by atoms with van der Waals surface area (Å²) in [6.45, 7) is 6.75. The fourth-order valence-electron chi connectivity index (χ4n) is 1.87. The van der Waals surface area contributed by atoms with Gasteiger partial charge >= 0.3 is 0 Å². The van der Waals surface area contributed by atoms with Gasteiger partial charge in [0.25, 0.3) is 0 Å². The van der Waals surface area contributed by atoms with Crippen molar-refractivity contribution in [1.29, 1.82) is 0 Å². The van der Waals surface area contributed by atoms with Crippen LogP contribution in [0.15, 0.2) is 12.5 Å². The highest BCUT2D eigenvalue weighted by atomic mass is 15.3. The number of hydrogen-bond donors (Lipinski definition) is 1. The fraction of sp³-hybridized carbons (Fsp3) is 0.583. The smallest absolute Gasteiger partial charge is 0.146 e. The molecule has 18 heavy (non-hydrogen) atoms. The summed E-state index contributed by atoms with van der Waals surface area (Å²) < 4.78 is 3.97. The van der Waals surface area contributed by atoms with Crippen LogP contribution in [0.4, 0.5) is 0 Å². The zero-order valence-electron chi connectivity index (χ0n) is 11.2. The molecule has 2 aromatic rings. The predicted octanol–water partition coefficient (Wildman–Crippen LogP) is 0.868. The Labute approximate surface area is 107 Å². The standard InChI is InChI=1S/C12H20N6/c1-4-5-13-6-11-7-14-10(2)18(11)8-12-15-9-16-17(12)3/h7,9,13H,4-6,8H2,1-3H3. The van der Waals surface area contributed by atoms with Crippen LogP contribution in [0.3, 0.4) is 0 Å². The molecule has 0 unspecified atom stereocenters. The maximum Gasteiger partial charge on any atom is 0.146 e. The first-order valence-corrected chi connectivity index (χ1v) is 6.27. The van der Waals surface area contributed by atoms with Crippen molar-refractivity contribution in [2.75, 3.05) is 6.54 Å². The first kappa shape index (κ1) is 12.8. The molecule has 0 amide bonds. The van der Waals surface area contributed by atoms with E-state index in [4.69, 9.17) is 0 Å². The van der Waals surface area contributed by atoms with Crippen molar-refractivity contribution in [1.82, 2.24) is 29.6 Å². The molecule has 98 valence electrons. The van der Waals surface area contributed by atoms with Crippen molar-refractivity contribution in [2.24, 2.45) is 7.05 Å². The summed E-state index contributed by atoms with van der Waals surface area (Å²) in [4.78, 5) is 8.62. The van der Waals surface area contributed by atoms with Gasteiger partial charge < -0.3 is 9.88 Å². The quantitative estimate of drug-likeness (QED) is 0.771. The summed E-state index contributed by atoms with van der Waals surface area (Å²) in [5, 5.41) is 7.48. The summed E-state index contributed by atoms with van der Waals surface area (Å²) >= 11 is 0. The third-order valence-electron chi connectivity index (χ3n) is 2.98. The van der Waals surface area contributed by atoms with Crippen LogP contribution in [-0.2, 0) is 20.1 Å². The summed E-state index contributed by atoms with van der Waals surface area (Å²) in [5.74, 6) is 1.94.